The highest BCUT2D eigenvalue weighted by atomic mass is 19.3. The molecular weight excluding hydrogens is 268 g/mol. The summed E-state index contributed by atoms with van der Waals surface area (Å²) in [6.07, 6.45) is 2.65. The molecule has 0 atom stereocenters. The second-order valence-corrected chi connectivity index (χ2v) is 5.10. The first kappa shape index (κ1) is 19.2. The molecule has 0 amide bonds. The fourth-order valence-corrected chi connectivity index (χ4v) is 2.05. The van der Waals surface area contributed by atoms with Gasteiger partial charge in [-0.3, -0.25) is 0 Å². The maximum atomic E-state index is 13.0. The van der Waals surface area contributed by atoms with E-state index in [4.69, 9.17) is 0 Å². The Morgan fingerprint density at radius 2 is 1.60 bits per heavy atom. The minimum Gasteiger partial charge on any atom is -0.204 e. The molecule has 118 valence electrons. The number of halogens is 4. The van der Waals surface area contributed by atoms with Crippen molar-refractivity contribution in [3.63, 3.8) is 0 Å². The largest absolute Gasteiger partial charge is 0.307 e. The van der Waals surface area contributed by atoms with E-state index in [-0.39, 0.29) is 6.42 Å². The number of alkyl halides is 4. The Labute approximate surface area is 119 Å². The number of allylic oxidation sites excluding steroid dienone is 3. The Bertz CT molecular complexity index is 306. The molecule has 0 radical (unpaired) electrons. The van der Waals surface area contributed by atoms with Crippen molar-refractivity contribution in [2.45, 2.75) is 77.6 Å². The molecule has 0 aromatic heterocycles. The highest BCUT2D eigenvalue weighted by molar-refractivity contribution is 5.24. The van der Waals surface area contributed by atoms with Crippen LogP contribution in [0.1, 0.15) is 65.2 Å². The van der Waals surface area contributed by atoms with E-state index in [1.165, 1.54) is 0 Å². The first-order valence-corrected chi connectivity index (χ1v) is 7.38. The van der Waals surface area contributed by atoms with Crippen LogP contribution in [-0.2, 0) is 0 Å². The molecule has 0 fully saturated rings. The van der Waals surface area contributed by atoms with E-state index in [0.717, 1.165) is 43.3 Å². The standard InChI is InChI=1S/C16H26F4/c1-4-7-9-13(6-3)14(10-8-5-2)11-12-16(19,20)15(17)18/h6,15H,3-5,7-12H2,1-2H3/b14-13+. The highest BCUT2D eigenvalue weighted by Gasteiger charge is 2.40. The molecule has 0 aromatic carbocycles. The van der Waals surface area contributed by atoms with Crippen LogP contribution in [0.4, 0.5) is 17.6 Å². The van der Waals surface area contributed by atoms with E-state index in [1.54, 1.807) is 6.08 Å². The molecule has 0 nitrogen and oxygen atoms in total. The molecule has 0 heterocycles. The minimum absolute atomic E-state index is 0.0302. The van der Waals surface area contributed by atoms with E-state index in [1.807, 2.05) is 6.92 Å². The fraction of sp³-hybridized carbons (Fsp3) is 0.750. The molecule has 0 aliphatic heterocycles. The van der Waals surface area contributed by atoms with Gasteiger partial charge in [-0.25, -0.2) is 17.6 Å². The third kappa shape index (κ3) is 7.11. The summed E-state index contributed by atoms with van der Waals surface area (Å²) in [7, 11) is 0. The minimum atomic E-state index is -3.89. The molecule has 0 bridgehead atoms. The van der Waals surface area contributed by atoms with E-state index >= 15 is 0 Å². The zero-order valence-electron chi connectivity index (χ0n) is 12.5. The molecular formula is C16H26F4. The van der Waals surface area contributed by atoms with Crippen LogP contribution in [0.15, 0.2) is 23.8 Å². The van der Waals surface area contributed by atoms with E-state index in [9.17, 15) is 17.6 Å². The van der Waals surface area contributed by atoms with Gasteiger partial charge in [-0.1, -0.05) is 44.9 Å². The number of hydrogen-bond donors (Lipinski definition) is 0. The Balaban J connectivity index is 4.85. The lowest BCUT2D eigenvalue weighted by Crippen LogP contribution is -2.26. The normalized spacial score (nSPS) is 13.6. The van der Waals surface area contributed by atoms with Crippen molar-refractivity contribution in [1.82, 2.24) is 0 Å². The summed E-state index contributed by atoms with van der Waals surface area (Å²) < 4.78 is 50.5. The monoisotopic (exact) mass is 294 g/mol. The van der Waals surface area contributed by atoms with Crippen LogP contribution in [0.5, 0.6) is 0 Å². The van der Waals surface area contributed by atoms with Crippen molar-refractivity contribution in [3.05, 3.63) is 23.8 Å². The lowest BCUT2D eigenvalue weighted by Gasteiger charge is -2.18. The van der Waals surface area contributed by atoms with Gasteiger partial charge in [0.2, 0.25) is 0 Å². The quantitative estimate of drug-likeness (QED) is 0.300. The maximum absolute atomic E-state index is 13.0. The first-order chi connectivity index (χ1) is 9.38. The van der Waals surface area contributed by atoms with Crippen molar-refractivity contribution in [3.8, 4) is 0 Å². The third-order valence-corrected chi connectivity index (χ3v) is 3.41. The molecule has 0 aromatic rings. The first-order valence-electron chi connectivity index (χ1n) is 7.38. The van der Waals surface area contributed by atoms with Gasteiger partial charge >= 0.3 is 12.3 Å². The number of hydrogen-bond acceptors (Lipinski definition) is 0. The van der Waals surface area contributed by atoms with Crippen molar-refractivity contribution in [2.24, 2.45) is 0 Å². The summed E-state index contributed by atoms with van der Waals surface area (Å²) in [4.78, 5) is 0. The number of unbranched alkanes of at least 4 members (excludes halogenated alkanes) is 2. The SMILES string of the molecule is C=C/C(CCCC)=C(/CCCC)CCC(F)(F)C(F)F. The summed E-state index contributed by atoms with van der Waals surface area (Å²) in [6, 6.07) is 0. The molecule has 0 aliphatic rings. The Morgan fingerprint density at radius 3 is 2.05 bits per heavy atom. The van der Waals surface area contributed by atoms with Gasteiger partial charge in [-0.15, -0.1) is 0 Å². The lowest BCUT2D eigenvalue weighted by molar-refractivity contribution is -0.132. The third-order valence-electron chi connectivity index (χ3n) is 3.41. The maximum Gasteiger partial charge on any atom is 0.307 e. The summed E-state index contributed by atoms with van der Waals surface area (Å²) >= 11 is 0. The highest BCUT2D eigenvalue weighted by Crippen LogP contribution is 2.32. The summed E-state index contributed by atoms with van der Waals surface area (Å²) in [5.41, 5.74) is 1.83. The van der Waals surface area contributed by atoms with Crippen LogP contribution in [0, 0.1) is 0 Å². The van der Waals surface area contributed by atoms with Gasteiger partial charge in [0.15, 0.2) is 0 Å². The topological polar surface area (TPSA) is 0 Å². The fourth-order valence-electron chi connectivity index (χ4n) is 2.05. The average molecular weight is 294 g/mol. The molecule has 4 heteroatoms. The van der Waals surface area contributed by atoms with Crippen LogP contribution in [0.2, 0.25) is 0 Å². The van der Waals surface area contributed by atoms with Gasteiger partial charge in [0, 0.05) is 6.42 Å². The molecule has 0 rings (SSSR count). The zero-order chi connectivity index (χ0) is 15.6. The van der Waals surface area contributed by atoms with E-state index < -0.39 is 18.8 Å². The molecule has 0 saturated carbocycles. The van der Waals surface area contributed by atoms with Crippen molar-refractivity contribution in [2.75, 3.05) is 0 Å². The van der Waals surface area contributed by atoms with Crippen LogP contribution in [0.25, 0.3) is 0 Å². The van der Waals surface area contributed by atoms with Crippen LogP contribution < -0.4 is 0 Å². The van der Waals surface area contributed by atoms with Gasteiger partial charge in [0.25, 0.3) is 0 Å². The smallest absolute Gasteiger partial charge is 0.204 e. The second-order valence-electron chi connectivity index (χ2n) is 5.10. The predicted molar refractivity (Wildman–Crippen MR) is 76.5 cm³/mol. The van der Waals surface area contributed by atoms with Gasteiger partial charge < -0.3 is 0 Å². The van der Waals surface area contributed by atoms with Crippen LogP contribution in [0.3, 0.4) is 0 Å². The number of rotatable bonds is 11. The zero-order valence-corrected chi connectivity index (χ0v) is 12.5. The Hall–Kier alpha value is -0.800. The van der Waals surface area contributed by atoms with Crippen molar-refractivity contribution in [1.29, 1.82) is 0 Å². The van der Waals surface area contributed by atoms with E-state index in [0.29, 0.717) is 6.42 Å². The molecule has 20 heavy (non-hydrogen) atoms. The second kappa shape index (κ2) is 10.0. The van der Waals surface area contributed by atoms with Crippen LogP contribution >= 0.6 is 0 Å². The van der Waals surface area contributed by atoms with E-state index in [2.05, 4.69) is 13.5 Å². The van der Waals surface area contributed by atoms with Gasteiger partial charge in [-0.2, -0.15) is 0 Å². The molecule has 0 N–H and O–H groups in total. The average Bonchev–Trinajstić information content (AvgIpc) is 2.41. The summed E-state index contributed by atoms with van der Waals surface area (Å²) in [5.74, 6) is -3.89. The van der Waals surface area contributed by atoms with Crippen molar-refractivity contribution < 1.29 is 17.6 Å². The molecule has 0 saturated heterocycles. The Morgan fingerprint density at radius 1 is 1.05 bits per heavy atom. The predicted octanol–water partition coefficient (Wildman–Crippen LogP) is 6.53. The lowest BCUT2D eigenvalue weighted by atomic mass is 9.93. The molecule has 0 aliphatic carbocycles. The Kier molecular flexibility index (Phi) is 9.60. The van der Waals surface area contributed by atoms with Gasteiger partial charge in [0.1, 0.15) is 0 Å². The van der Waals surface area contributed by atoms with Gasteiger partial charge in [-0.05, 0) is 37.7 Å². The molecule has 0 spiro atoms. The molecule has 0 unspecified atom stereocenters. The van der Waals surface area contributed by atoms with Gasteiger partial charge in [0.05, 0.1) is 0 Å². The summed E-state index contributed by atoms with van der Waals surface area (Å²) in [5, 5.41) is 0. The summed E-state index contributed by atoms with van der Waals surface area (Å²) in [6.45, 7) is 7.80. The van der Waals surface area contributed by atoms with Crippen molar-refractivity contribution >= 4 is 0 Å². The van der Waals surface area contributed by atoms with Crippen LogP contribution in [-0.4, -0.2) is 12.3 Å².